The molecular formula is C13H19N7O7S2. The van der Waals surface area contributed by atoms with Gasteiger partial charge in [0.05, 0.1) is 6.04 Å². The standard InChI is InChI=1S/C13H19N7O7S2/c1-5-7(10(22)20(5)29(24,25)26)17-9(21)8(6-4-28-12(14)16-6)19-27-13(2,3)11(23)18-15/h4-5,7H,15H2,1-3H3,(H2,14,16)(H,17,21)(H,18,23)(H,24,25,26). The third kappa shape index (κ3) is 4.61. The number of carbonyl (C=O) groups is 3. The maximum Gasteiger partial charge on any atom is 0.362 e. The van der Waals surface area contributed by atoms with E-state index in [0.29, 0.717) is 0 Å². The van der Waals surface area contributed by atoms with E-state index in [2.05, 4.69) is 15.5 Å². The number of carbonyl (C=O) groups excluding carboxylic acids is 3. The summed E-state index contributed by atoms with van der Waals surface area (Å²) in [6, 6.07) is -2.28. The number of oxime groups is 1. The smallest absolute Gasteiger partial charge is 0.362 e. The van der Waals surface area contributed by atoms with Crippen LogP contribution >= 0.6 is 11.3 Å². The van der Waals surface area contributed by atoms with Crippen LogP contribution in [0.2, 0.25) is 0 Å². The number of anilines is 1. The van der Waals surface area contributed by atoms with Crippen LogP contribution in [0, 0.1) is 0 Å². The van der Waals surface area contributed by atoms with Gasteiger partial charge in [-0.05, 0) is 20.8 Å². The van der Waals surface area contributed by atoms with Crippen LogP contribution in [0.4, 0.5) is 5.13 Å². The fraction of sp³-hybridized carbons (Fsp3) is 0.462. The van der Waals surface area contributed by atoms with Crippen molar-refractivity contribution in [1.29, 1.82) is 0 Å². The predicted octanol–water partition coefficient (Wildman–Crippen LogP) is -2.27. The van der Waals surface area contributed by atoms with Gasteiger partial charge < -0.3 is 15.9 Å². The molecule has 0 bridgehead atoms. The molecule has 0 aliphatic carbocycles. The molecule has 2 atom stereocenters. The van der Waals surface area contributed by atoms with E-state index >= 15 is 0 Å². The van der Waals surface area contributed by atoms with Gasteiger partial charge >= 0.3 is 10.3 Å². The van der Waals surface area contributed by atoms with E-state index < -0.39 is 51.4 Å². The Kier molecular flexibility index (Phi) is 6.12. The second-order valence-corrected chi connectivity index (χ2v) is 8.57. The summed E-state index contributed by atoms with van der Waals surface area (Å²) in [5, 5.41) is 7.46. The molecule has 0 radical (unpaired) electrons. The fourth-order valence-corrected chi connectivity index (χ4v) is 3.72. The van der Waals surface area contributed by atoms with Crippen LogP contribution in [-0.2, 0) is 29.5 Å². The number of thiazole rings is 1. The molecule has 2 rings (SSSR count). The quantitative estimate of drug-likeness (QED) is 0.0750. The molecule has 160 valence electrons. The molecule has 3 amide bonds. The van der Waals surface area contributed by atoms with E-state index in [-0.39, 0.29) is 15.1 Å². The van der Waals surface area contributed by atoms with Crippen molar-refractivity contribution in [2.45, 2.75) is 38.5 Å². The Morgan fingerprint density at radius 3 is 2.52 bits per heavy atom. The zero-order valence-electron chi connectivity index (χ0n) is 15.4. The van der Waals surface area contributed by atoms with E-state index in [9.17, 15) is 22.8 Å². The zero-order chi connectivity index (χ0) is 22.1. The zero-order valence-corrected chi connectivity index (χ0v) is 17.1. The number of nitrogens with two attached hydrogens (primary N) is 2. The summed E-state index contributed by atoms with van der Waals surface area (Å²) in [7, 11) is -4.75. The van der Waals surface area contributed by atoms with Crippen molar-refractivity contribution in [2.75, 3.05) is 5.73 Å². The topological polar surface area (TPSA) is 219 Å². The number of amides is 3. The second-order valence-electron chi connectivity index (χ2n) is 6.39. The number of hydrogen-bond donors (Lipinski definition) is 5. The number of nitrogen functional groups attached to an aromatic ring is 1. The second kappa shape index (κ2) is 7.90. The summed E-state index contributed by atoms with van der Waals surface area (Å²) in [5.74, 6) is 2.35. The molecule has 1 aliphatic rings. The van der Waals surface area contributed by atoms with Crippen LogP contribution in [0.25, 0.3) is 0 Å². The molecule has 2 unspecified atom stereocenters. The monoisotopic (exact) mass is 449 g/mol. The lowest BCUT2D eigenvalue weighted by Crippen LogP contribution is -2.71. The predicted molar refractivity (Wildman–Crippen MR) is 100 cm³/mol. The van der Waals surface area contributed by atoms with Gasteiger partial charge in [0.1, 0.15) is 11.7 Å². The molecule has 7 N–H and O–H groups in total. The number of β-lactam (4-membered cyclic amide) rings is 1. The summed E-state index contributed by atoms with van der Waals surface area (Å²) >= 11 is 1.00. The molecule has 1 aromatic rings. The van der Waals surface area contributed by atoms with Crippen molar-refractivity contribution in [1.82, 2.24) is 20.0 Å². The van der Waals surface area contributed by atoms with Crippen LogP contribution in [0.15, 0.2) is 10.5 Å². The van der Waals surface area contributed by atoms with Gasteiger partial charge in [-0.2, -0.15) is 8.42 Å². The highest BCUT2D eigenvalue weighted by molar-refractivity contribution is 7.84. The average Bonchev–Trinajstić information content (AvgIpc) is 3.03. The number of hydrogen-bond acceptors (Lipinski definition) is 11. The van der Waals surface area contributed by atoms with E-state index in [1.165, 1.54) is 26.2 Å². The van der Waals surface area contributed by atoms with Crippen LogP contribution < -0.4 is 22.3 Å². The molecule has 1 aliphatic heterocycles. The number of rotatable bonds is 7. The first-order chi connectivity index (χ1) is 13.3. The largest absolute Gasteiger partial charge is 0.379 e. The first-order valence-corrected chi connectivity index (χ1v) is 10.2. The SMILES string of the molecule is CC1C(NC(=O)C(=NOC(C)(C)C(=O)NN)c2csc(N)n2)C(=O)N1S(=O)(=O)O. The van der Waals surface area contributed by atoms with Crippen LogP contribution in [0.3, 0.4) is 0 Å². The molecule has 16 heteroatoms. The highest BCUT2D eigenvalue weighted by Gasteiger charge is 2.51. The number of nitrogens with one attached hydrogen (secondary N) is 2. The maximum absolute atomic E-state index is 12.7. The summed E-state index contributed by atoms with van der Waals surface area (Å²) in [4.78, 5) is 45.4. The molecule has 2 heterocycles. The normalized spacial score (nSPS) is 20.1. The third-order valence-electron chi connectivity index (χ3n) is 3.89. The number of aromatic nitrogens is 1. The van der Waals surface area contributed by atoms with Gasteiger partial charge in [-0.25, -0.2) is 15.1 Å². The van der Waals surface area contributed by atoms with Gasteiger partial charge in [-0.15, -0.1) is 11.3 Å². The molecular weight excluding hydrogens is 430 g/mol. The van der Waals surface area contributed by atoms with Gasteiger partial charge in [0.2, 0.25) is 5.60 Å². The van der Waals surface area contributed by atoms with Crippen molar-refractivity contribution in [3.05, 3.63) is 11.1 Å². The lowest BCUT2D eigenvalue weighted by atomic mass is 10.0. The summed E-state index contributed by atoms with van der Waals surface area (Å²) in [5.41, 5.74) is 5.48. The number of nitrogens with zero attached hydrogens (tertiary/aromatic N) is 3. The molecule has 29 heavy (non-hydrogen) atoms. The van der Waals surface area contributed by atoms with Gasteiger partial charge in [-0.1, -0.05) is 5.16 Å². The van der Waals surface area contributed by atoms with Crippen molar-refractivity contribution >= 4 is 50.2 Å². The molecule has 0 aromatic carbocycles. The Morgan fingerprint density at radius 2 is 2.07 bits per heavy atom. The first kappa shape index (κ1) is 22.5. The van der Waals surface area contributed by atoms with Gasteiger partial charge in [0, 0.05) is 5.38 Å². The lowest BCUT2D eigenvalue weighted by Gasteiger charge is -2.42. The summed E-state index contributed by atoms with van der Waals surface area (Å²) in [6.45, 7) is 3.99. The first-order valence-electron chi connectivity index (χ1n) is 7.89. The molecule has 1 aromatic heterocycles. The van der Waals surface area contributed by atoms with Crippen LogP contribution in [0.1, 0.15) is 26.5 Å². The number of hydrazine groups is 1. The lowest BCUT2D eigenvalue weighted by molar-refractivity contribution is -0.144. The summed E-state index contributed by atoms with van der Waals surface area (Å²) in [6.07, 6.45) is 0. The van der Waals surface area contributed by atoms with Crippen LogP contribution in [-0.4, -0.2) is 63.4 Å². The molecule has 0 saturated carbocycles. The molecule has 0 spiro atoms. The minimum absolute atomic E-state index is 0.0000167. The summed E-state index contributed by atoms with van der Waals surface area (Å²) < 4.78 is 31.6. The Labute approximate surface area is 169 Å². The Morgan fingerprint density at radius 1 is 1.45 bits per heavy atom. The van der Waals surface area contributed by atoms with E-state index in [4.69, 9.17) is 21.0 Å². The third-order valence-corrected chi connectivity index (χ3v) is 5.58. The average molecular weight is 449 g/mol. The molecule has 14 nitrogen and oxygen atoms in total. The Balaban J connectivity index is 2.26. The van der Waals surface area contributed by atoms with Crippen molar-refractivity contribution < 1.29 is 32.2 Å². The van der Waals surface area contributed by atoms with Gasteiger partial charge in [-0.3, -0.25) is 24.4 Å². The van der Waals surface area contributed by atoms with E-state index in [1.807, 2.05) is 5.43 Å². The fourth-order valence-electron chi connectivity index (χ4n) is 2.29. The van der Waals surface area contributed by atoms with Gasteiger partial charge in [0.25, 0.3) is 17.7 Å². The van der Waals surface area contributed by atoms with E-state index in [1.54, 1.807) is 0 Å². The van der Waals surface area contributed by atoms with Crippen LogP contribution in [0.5, 0.6) is 0 Å². The molecule has 1 saturated heterocycles. The Bertz CT molecular complexity index is 972. The van der Waals surface area contributed by atoms with Gasteiger partial charge in [0.15, 0.2) is 10.8 Å². The van der Waals surface area contributed by atoms with E-state index in [0.717, 1.165) is 11.3 Å². The molecule has 1 fully saturated rings. The minimum Gasteiger partial charge on any atom is -0.379 e. The minimum atomic E-state index is -4.75. The van der Waals surface area contributed by atoms with Crippen molar-refractivity contribution in [3.8, 4) is 0 Å². The highest BCUT2D eigenvalue weighted by atomic mass is 32.2. The Hall–Kier alpha value is -2.82. The van der Waals surface area contributed by atoms with Crippen molar-refractivity contribution in [2.24, 2.45) is 11.0 Å². The maximum atomic E-state index is 12.7. The highest BCUT2D eigenvalue weighted by Crippen LogP contribution is 2.23. The van der Waals surface area contributed by atoms with Crippen molar-refractivity contribution in [3.63, 3.8) is 0 Å².